The van der Waals surface area contributed by atoms with Crippen molar-refractivity contribution in [1.29, 1.82) is 0 Å². The quantitative estimate of drug-likeness (QED) is 0.756. The van der Waals surface area contributed by atoms with Crippen LogP contribution >= 0.6 is 0 Å². The monoisotopic (exact) mass is 359 g/mol. The van der Waals surface area contributed by atoms with E-state index in [1.807, 2.05) is 44.1 Å². The van der Waals surface area contributed by atoms with E-state index in [-0.39, 0.29) is 11.9 Å². The molecule has 0 spiro atoms. The van der Waals surface area contributed by atoms with Crippen LogP contribution in [0.1, 0.15) is 5.56 Å². The molecule has 7 heteroatoms. The molecule has 2 rings (SSSR count). The van der Waals surface area contributed by atoms with E-state index in [0.717, 1.165) is 16.9 Å². The van der Waals surface area contributed by atoms with Gasteiger partial charge in [0.05, 0.1) is 6.54 Å². The Bertz CT molecular complexity index is 651. The van der Waals surface area contributed by atoms with Crippen molar-refractivity contribution in [2.45, 2.75) is 6.92 Å². The van der Waals surface area contributed by atoms with Crippen molar-refractivity contribution in [3.05, 3.63) is 36.4 Å². The lowest BCUT2D eigenvalue weighted by Crippen LogP contribution is -2.52. The summed E-state index contributed by atoms with van der Waals surface area (Å²) < 4.78 is 0. The van der Waals surface area contributed by atoms with E-state index in [9.17, 15) is 9.59 Å². The van der Waals surface area contributed by atoms with E-state index < -0.39 is 0 Å². The van der Waals surface area contributed by atoms with Crippen LogP contribution in [0.15, 0.2) is 30.9 Å². The Morgan fingerprint density at radius 1 is 1.23 bits per heavy atom. The van der Waals surface area contributed by atoms with Crippen LogP contribution in [0.4, 0.5) is 16.2 Å². The summed E-state index contributed by atoms with van der Waals surface area (Å²) >= 11 is 0. The fourth-order valence-corrected chi connectivity index (χ4v) is 2.99. The van der Waals surface area contributed by atoms with Crippen molar-refractivity contribution in [2.24, 2.45) is 0 Å². The van der Waals surface area contributed by atoms with Gasteiger partial charge in [-0.25, -0.2) is 4.79 Å². The maximum Gasteiger partial charge on any atom is 0.321 e. The SMILES string of the molecule is C=CCNC(=O)CN1CCN(C(=O)Nc2ccc(N(C)C)c(C)c2)CC1. The van der Waals surface area contributed by atoms with E-state index in [2.05, 4.69) is 22.1 Å². The van der Waals surface area contributed by atoms with Crippen LogP contribution in [0.3, 0.4) is 0 Å². The third-order valence-corrected chi connectivity index (χ3v) is 4.40. The number of urea groups is 1. The highest BCUT2D eigenvalue weighted by Gasteiger charge is 2.22. The molecule has 0 radical (unpaired) electrons. The molecular weight excluding hydrogens is 330 g/mol. The maximum atomic E-state index is 12.5. The standard InChI is InChI=1S/C19H29N5O2/c1-5-8-20-18(25)14-23-9-11-24(12-10-23)19(26)21-16-6-7-17(22(3)4)15(2)13-16/h5-7,13H,1,8-12,14H2,2-4H3,(H,20,25)(H,21,26). The Hall–Kier alpha value is -2.54. The number of hydrogen-bond acceptors (Lipinski definition) is 4. The molecule has 1 aliphatic heterocycles. The molecule has 1 fully saturated rings. The highest BCUT2D eigenvalue weighted by molar-refractivity contribution is 5.90. The summed E-state index contributed by atoms with van der Waals surface area (Å²) in [5.41, 5.74) is 3.04. The molecule has 1 saturated heterocycles. The third kappa shape index (κ3) is 5.49. The molecule has 1 aromatic rings. The number of anilines is 2. The van der Waals surface area contributed by atoms with Gasteiger partial charge in [0.2, 0.25) is 5.91 Å². The fourth-order valence-electron chi connectivity index (χ4n) is 2.99. The van der Waals surface area contributed by atoms with Gasteiger partial charge in [0.1, 0.15) is 0 Å². The third-order valence-electron chi connectivity index (χ3n) is 4.40. The van der Waals surface area contributed by atoms with Gasteiger partial charge in [-0.05, 0) is 30.7 Å². The molecule has 0 aromatic heterocycles. The Balaban J connectivity index is 1.82. The van der Waals surface area contributed by atoms with Crippen LogP contribution in [0.5, 0.6) is 0 Å². The Morgan fingerprint density at radius 3 is 2.50 bits per heavy atom. The summed E-state index contributed by atoms with van der Waals surface area (Å²) in [4.78, 5) is 30.1. The minimum Gasteiger partial charge on any atom is -0.377 e. The molecule has 0 aliphatic carbocycles. The van der Waals surface area contributed by atoms with Gasteiger partial charge >= 0.3 is 6.03 Å². The molecule has 142 valence electrons. The Kier molecular flexibility index (Phi) is 7.03. The molecule has 0 unspecified atom stereocenters. The van der Waals surface area contributed by atoms with Gasteiger partial charge < -0.3 is 20.4 Å². The van der Waals surface area contributed by atoms with Crippen LogP contribution in [-0.2, 0) is 4.79 Å². The van der Waals surface area contributed by atoms with E-state index in [1.165, 1.54) is 0 Å². The number of nitrogens with zero attached hydrogens (tertiary/aromatic N) is 3. The number of benzene rings is 1. The predicted molar refractivity (Wildman–Crippen MR) is 106 cm³/mol. The molecule has 0 atom stereocenters. The number of rotatable bonds is 6. The summed E-state index contributed by atoms with van der Waals surface area (Å²) in [5, 5.41) is 5.73. The number of carbonyl (C=O) groups is 2. The molecule has 26 heavy (non-hydrogen) atoms. The molecule has 1 aromatic carbocycles. The number of nitrogens with one attached hydrogen (secondary N) is 2. The lowest BCUT2D eigenvalue weighted by Gasteiger charge is -2.34. The topological polar surface area (TPSA) is 67.9 Å². The first-order valence-corrected chi connectivity index (χ1v) is 8.84. The molecular formula is C19H29N5O2. The van der Waals surface area contributed by atoms with Crippen LogP contribution in [0.25, 0.3) is 0 Å². The van der Waals surface area contributed by atoms with Crippen LogP contribution in [0, 0.1) is 6.92 Å². The lowest BCUT2D eigenvalue weighted by molar-refractivity contribution is -0.122. The molecule has 0 saturated carbocycles. The van der Waals surface area contributed by atoms with Gasteiger partial charge in [-0.3, -0.25) is 9.69 Å². The molecule has 2 N–H and O–H groups in total. The average molecular weight is 359 g/mol. The highest BCUT2D eigenvalue weighted by atomic mass is 16.2. The number of hydrogen-bond donors (Lipinski definition) is 2. The van der Waals surface area contributed by atoms with E-state index in [1.54, 1.807) is 11.0 Å². The van der Waals surface area contributed by atoms with E-state index in [0.29, 0.717) is 39.3 Å². The molecule has 7 nitrogen and oxygen atoms in total. The average Bonchev–Trinajstić information content (AvgIpc) is 2.60. The summed E-state index contributed by atoms with van der Waals surface area (Å²) in [6.45, 7) is 9.03. The normalized spacial score (nSPS) is 14.7. The summed E-state index contributed by atoms with van der Waals surface area (Å²) in [6.07, 6.45) is 1.66. The second-order valence-electron chi connectivity index (χ2n) is 6.68. The minimum absolute atomic E-state index is 0.0146. The van der Waals surface area contributed by atoms with Crippen LogP contribution < -0.4 is 15.5 Å². The van der Waals surface area contributed by atoms with Crippen molar-refractivity contribution in [3.8, 4) is 0 Å². The molecule has 1 aliphatic rings. The van der Waals surface area contributed by atoms with Crippen molar-refractivity contribution in [3.63, 3.8) is 0 Å². The zero-order chi connectivity index (χ0) is 19.1. The first-order valence-electron chi connectivity index (χ1n) is 8.84. The van der Waals surface area contributed by atoms with Crippen molar-refractivity contribution in [2.75, 3.05) is 63.6 Å². The Labute approximate surface area is 155 Å². The van der Waals surface area contributed by atoms with Crippen molar-refractivity contribution < 1.29 is 9.59 Å². The van der Waals surface area contributed by atoms with Gasteiger partial charge in [-0.2, -0.15) is 0 Å². The number of carbonyl (C=O) groups excluding carboxylic acids is 2. The van der Waals surface area contributed by atoms with E-state index in [4.69, 9.17) is 0 Å². The van der Waals surface area contributed by atoms with Gasteiger partial charge in [0.25, 0.3) is 0 Å². The summed E-state index contributed by atoms with van der Waals surface area (Å²) in [6, 6.07) is 5.80. The predicted octanol–water partition coefficient (Wildman–Crippen LogP) is 1.51. The fraction of sp³-hybridized carbons (Fsp3) is 0.474. The molecule has 0 bridgehead atoms. The first-order chi connectivity index (χ1) is 12.4. The summed E-state index contributed by atoms with van der Waals surface area (Å²) in [7, 11) is 4.00. The minimum atomic E-state index is -0.0993. The lowest BCUT2D eigenvalue weighted by atomic mass is 10.1. The van der Waals surface area contributed by atoms with Crippen LogP contribution in [0.2, 0.25) is 0 Å². The van der Waals surface area contributed by atoms with Gasteiger partial charge in [0.15, 0.2) is 0 Å². The van der Waals surface area contributed by atoms with Crippen molar-refractivity contribution >= 4 is 23.3 Å². The van der Waals surface area contributed by atoms with E-state index >= 15 is 0 Å². The van der Waals surface area contributed by atoms with Gasteiger partial charge in [-0.15, -0.1) is 6.58 Å². The zero-order valence-corrected chi connectivity index (χ0v) is 15.9. The highest BCUT2D eigenvalue weighted by Crippen LogP contribution is 2.22. The molecule has 3 amide bonds. The first kappa shape index (κ1) is 19.8. The second-order valence-corrected chi connectivity index (χ2v) is 6.68. The van der Waals surface area contributed by atoms with Gasteiger partial charge in [0, 0.05) is 58.2 Å². The number of aryl methyl sites for hydroxylation is 1. The van der Waals surface area contributed by atoms with Gasteiger partial charge in [-0.1, -0.05) is 6.08 Å². The smallest absolute Gasteiger partial charge is 0.321 e. The maximum absolute atomic E-state index is 12.5. The molecule has 1 heterocycles. The number of amides is 3. The Morgan fingerprint density at radius 2 is 1.92 bits per heavy atom. The second kappa shape index (κ2) is 9.24. The largest absolute Gasteiger partial charge is 0.377 e. The summed E-state index contributed by atoms with van der Waals surface area (Å²) in [5.74, 6) is -0.0146. The van der Waals surface area contributed by atoms with Crippen LogP contribution in [-0.4, -0.2) is 75.1 Å². The van der Waals surface area contributed by atoms with Crippen molar-refractivity contribution in [1.82, 2.24) is 15.1 Å². The number of piperazine rings is 1. The zero-order valence-electron chi connectivity index (χ0n) is 15.9.